The smallest absolute Gasteiger partial charge is 0.387 e. The summed E-state index contributed by atoms with van der Waals surface area (Å²) >= 11 is 2.97. The zero-order valence-corrected chi connectivity index (χ0v) is 9.75. The molecule has 0 aliphatic heterocycles. The minimum absolute atomic E-state index is 0.0585. The molecule has 6 heteroatoms. The number of Topliss-reactive ketones (excluding diaryl/α,β-unsaturated/α-hetero) is 1. The molecule has 86 valence electrons. The Labute approximate surface area is 98.5 Å². The van der Waals surface area contributed by atoms with E-state index in [2.05, 4.69) is 20.7 Å². The molecule has 0 aliphatic carbocycles. The highest BCUT2D eigenvalue weighted by atomic mass is 79.9. The maximum absolute atomic E-state index is 12.1. The van der Waals surface area contributed by atoms with Gasteiger partial charge in [-0.05, 0) is 35.0 Å². The third-order valence-electron chi connectivity index (χ3n) is 1.79. The Morgan fingerprint density at radius 3 is 2.56 bits per heavy atom. The van der Waals surface area contributed by atoms with E-state index in [-0.39, 0.29) is 21.3 Å². The highest BCUT2D eigenvalue weighted by molar-refractivity contribution is 9.10. The summed E-state index contributed by atoms with van der Waals surface area (Å²) in [4.78, 5) is 21.8. The monoisotopic (exact) mass is 292 g/mol. The van der Waals surface area contributed by atoms with Crippen molar-refractivity contribution in [1.29, 1.82) is 0 Å². The predicted molar refractivity (Wildman–Crippen MR) is 56.2 cm³/mol. The first kappa shape index (κ1) is 12.8. The molecule has 0 radical (unpaired) electrons. The zero-order chi connectivity index (χ0) is 12.3. The van der Waals surface area contributed by atoms with Gasteiger partial charge in [-0.25, -0.2) is 0 Å². The van der Waals surface area contributed by atoms with Crippen molar-refractivity contribution < 1.29 is 23.1 Å². The number of ether oxygens (including phenoxy) is 1. The topological polar surface area (TPSA) is 43.4 Å². The van der Waals surface area contributed by atoms with Gasteiger partial charge >= 0.3 is 6.61 Å². The third kappa shape index (κ3) is 2.85. The minimum atomic E-state index is -3.03. The summed E-state index contributed by atoms with van der Waals surface area (Å²) in [5.74, 6) is -0.715. The number of carbonyl (C=O) groups excluding carboxylic acids is 2. The van der Waals surface area contributed by atoms with Gasteiger partial charge in [-0.3, -0.25) is 9.59 Å². The van der Waals surface area contributed by atoms with Gasteiger partial charge in [0, 0.05) is 5.56 Å². The Morgan fingerprint density at radius 2 is 2.12 bits per heavy atom. The molecule has 0 saturated carbocycles. The minimum Gasteiger partial charge on any atom is -0.433 e. The average Bonchev–Trinajstić information content (AvgIpc) is 2.19. The number of hydrogen-bond donors (Lipinski definition) is 0. The largest absolute Gasteiger partial charge is 0.433 e. The molecule has 0 unspecified atom stereocenters. The molecule has 0 fully saturated rings. The normalized spacial score (nSPS) is 10.3. The molecule has 1 aromatic rings. The Hall–Kier alpha value is -1.30. The Balaban J connectivity index is 3.33. The van der Waals surface area contributed by atoms with E-state index < -0.39 is 12.4 Å². The van der Waals surface area contributed by atoms with Gasteiger partial charge in [0.05, 0.1) is 10.0 Å². The molecular formula is C10H7BrF2O3. The predicted octanol–water partition coefficient (Wildman–Crippen LogP) is 3.07. The van der Waals surface area contributed by atoms with E-state index in [9.17, 15) is 18.4 Å². The van der Waals surface area contributed by atoms with E-state index in [4.69, 9.17) is 0 Å². The lowest BCUT2D eigenvalue weighted by molar-refractivity contribution is -0.0506. The Kier molecular flexibility index (Phi) is 4.12. The van der Waals surface area contributed by atoms with E-state index in [0.717, 1.165) is 0 Å². The second-order valence-corrected chi connectivity index (χ2v) is 3.79. The molecule has 0 N–H and O–H groups in total. The molecule has 0 bridgehead atoms. The fourth-order valence-corrected chi connectivity index (χ4v) is 1.72. The molecule has 1 rings (SSSR count). The van der Waals surface area contributed by atoms with Gasteiger partial charge < -0.3 is 4.74 Å². The number of halogens is 3. The van der Waals surface area contributed by atoms with E-state index in [1.54, 1.807) is 0 Å². The van der Waals surface area contributed by atoms with E-state index >= 15 is 0 Å². The van der Waals surface area contributed by atoms with Crippen LogP contribution in [0.25, 0.3) is 0 Å². The van der Waals surface area contributed by atoms with E-state index in [1.807, 2.05) is 0 Å². The maximum Gasteiger partial charge on any atom is 0.387 e. The number of benzene rings is 1. The second kappa shape index (κ2) is 5.16. The highest BCUT2D eigenvalue weighted by Gasteiger charge is 2.17. The van der Waals surface area contributed by atoms with Gasteiger partial charge in [0.25, 0.3) is 0 Å². The van der Waals surface area contributed by atoms with Crippen molar-refractivity contribution >= 4 is 28.0 Å². The van der Waals surface area contributed by atoms with E-state index in [0.29, 0.717) is 6.29 Å². The lowest BCUT2D eigenvalue weighted by Crippen LogP contribution is -2.08. The summed E-state index contributed by atoms with van der Waals surface area (Å²) in [6.45, 7) is -1.83. The first-order chi connectivity index (χ1) is 7.45. The lowest BCUT2D eigenvalue weighted by atomic mass is 10.1. The van der Waals surface area contributed by atoms with Crippen molar-refractivity contribution in [2.45, 2.75) is 13.5 Å². The molecule has 16 heavy (non-hydrogen) atoms. The first-order valence-corrected chi connectivity index (χ1v) is 4.99. The summed E-state index contributed by atoms with van der Waals surface area (Å²) in [6, 6.07) is 2.51. The van der Waals surface area contributed by atoms with Crippen LogP contribution in [-0.4, -0.2) is 18.7 Å². The van der Waals surface area contributed by atoms with Crippen LogP contribution in [0.15, 0.2) is 16.6 Å². The van der Waals surface area contributed by atoms with Gasteiger partial charge in [-0.15, -0.1) is 0 Å². The quantitative estimate of drug-likeness (QED) is 0.633. The number of aldehydes is 1. The molecule has 0 heterocycles. The van der Waals surface area contributed by atoms with Crippen molar-refractivity contribution in [3.63, 3.8) is 0 Å². The Morgan fingerprint density at radius 1 is 1.50 bits per heavy atom. The SMILES string of the molecule is CC(=O)c1cc(C=O)cc(Br)c1OC(F)F. The van der Waals surface area contributed by atoms with Gasteiger partial charge in [0.2, 0.25) is 0 Å². The van der Waals surface area contributed by atoms with Crippen LogP contribution in [0.5, 0.6) is 5.75 Å². The summed E-state index contributed by atoms with van der Waals surface area (Å²) in [5.41, 5.74) is 0.149. The van der Waals surface area contributed by atoms with Crippen LogP contribution in [0.3, 0.4) is 0 Å². The van der Waals surface area contributed by atoms with Gasteiger partial charge in [-0.1, -0.05) is 0 Å². The molecule has 0 aliphatic rings. The number of carbonyl (C=O) groups is 2. The summed E-state index contributed by atoms with van der Waals surface area (Å²) in [7, 11) is 0. The van der Waals surface area contributed by atoms with Gasteiger partial charge in [-0.2, -0.15) is 8.78 Å². The molecule has 0 amide bonds. The molecule has 0 atom stereocenters. The van der Waals surface area contributed by atoms with Crippen molar-refractivity contribution in [1.82, 2.24) is 0 Å². The highest BCUT2D eigenvalue weighted by Crippen LogP contribution is 2.32. The maximum atomic E-state index is 12.1. The fourth-order valence-electron chi connectivity index (χ4n) is 1.15. The van der Waals surface area contributed by atoms with Crippen LogP contribution in [-0.2, 0) is 0 Å². The number of hydrogen-bond acceptors (Lipinski definition) is 3. The zero-order valence-electron chi connectivity index (χ0n) is 8.17. The van der Waals surface area contributed by atoms with Gasteiger partial charge in [0.15, 0.2) is 11.5 Å². The number of ketones is 1. The fraction of sp³-hybridized carbons (Fsp3) is 0.200. The first-order valence-electron chi connectivity index (χ1n) is 4.20. The van der Waals surface area contributed by atoms with Crippen molar-refractivity contribution in [2.24, 2.45) is 0 Å². The summed E-state index contributed by atoms with van der Waals surface area (Å²) < 4.78 is 28.6. The summed E-state index contributed by atoms with van der Waals surface area (Å²) in [5, 5.41) is 0. The third-order valence-corrected chi connectivity index (χ3v) is 2.38. The second-order valence-electron chi connectivity index (χ2n) is 2.93. The van der Waals surface area contributed by atoms with Crippen molar-refractivity contribution in [3.05, 3.63) is 27.7 Å². The van der Waals surface area contributed by atoms with Gasteiger partial charge in [0.1, 0.15) is 6.29 Å². The number of alkyl halides is 2. The van der Waals surface area contributed by atoms with Crippen LogP contribution < -0.4 is 4.74 Å². The molecule has 1 aromatic carbocycles. The van der Waals surface area contributed by atoms with Crippen LogP contribution >= 0.6 is 15.9 Å². The van der Waals surface area contributed by atoms with Crippen LogP contribution in [0.1, 0.15) is 27.6 Å². The van der Waals surface area contributed by atoms with Crippen molar-refractivity contribution in [3.8, 4) is 5.75 Å². The lowest BCUT2D eigenvalue weighted by Gasteiger charge is -2.11. The standard InChI is InChI=1S/C10H7BrF2O3/c1-5(15)7-2-6(4-14)3-8(11)9(7)16-10(12)13/h2-4,10H,1H3. The van der Waals surface area contributed by atoms with Crippen LogP contribution in [0, 0.1) is 0 Å². The summed E-state index contributed by atoms with van der Waals surface area (Å²) in [6.07, 6.45) is 0.517. The van der Waals surface area contributed by atoms with E-state index in [1.165, 1.54) is 19.1 Å². The molecular weight excluding hydrogens is 286 g/mol. The molecule has 0 spiro atoms. The Bertz CT molecular complexity index is 432. The molecule has 0 aromatic heterocycles. The molecule has 3 nitrogen and oxygen atoms in total. The van der Waals surface area contributed by atoms with Crippen LogP contribution in [0.4, 0.5) is 8.78 Å². The van der Waals surface area contributed by atoms with Crippen LogP contribution in [0.2, 0.25) is 0 Å². The average molecular weight is 293 g/mol. The number of rotatable bonds is 4. The molecule has 0 saturated heterocycles. The van der Waals surface area contributed by atoms with Crippen molar-refractivity contribution in [2.75, 3.05) is 0 Å².